The summed E-state index contributed by atoms with van der Waals surface area (Å²) in [7, 11) is -3.64. The van der Waals surface area contributed by atoms with E-state index in [4.69, 9.17) is 8.92 Å². The van der Waals surface area contributed by atoms with Crippen molar-refractivity contribution in [2.24, 2.45) is 46.3 Å². The molecule has 0 spiro atoms. The zero-order valence-electron chi connectivity index (χ0n) is 24.3. The molecule has 7 heteroatoms. The van der Waals surface area contributed by atoms with E-state index in [0.29, 0.717) is 48.3 Å². The molecule has 0 saturated heterocycles. The maximum absolute atomic E-state index is 12.3. The van der Waals surface area contributed by atoms with Gasteiger partial charge in [-0.2, -0.15) is 8.42 Å². The lowest BCUT2D eigenvalue weighted by Gasteiger charge is -2.65. The van der Waals surface area contributed by atoms with Gasteiger partial charge in [-0.05, 0) is 85.9 Å². The van der Waals surface area contributed by atoms with E-state index in [1.165, 1.54) is 45.4 Å². The Bertz CT molecular complexity index is 948. The summed E-state index contributed by atoms with van der Waals surface area (Å²) in [6.07, 6.45) is 10.6. The predicted molar refractivity (Wildman–Crippen MR) is 145 cm³/mol. The molecule has 0 heterocycles. The van der Waals surface area contributed by atoms with Crippen molar-refractivity contribution in [3.63, 3.8) is 0 Å². The van der Waals surface area contributed by atoms with Gasteiger partial charge in [-0.15, -0.1) is 0 Å². The minimum Gasteiger partial charge on any atom is -0.459 e. The van der Waals surface area contributed by atoms with Crippen molar-refractivity contribution < 1.29 is 27.2 Å². The van der Waals surface area contributed by atoms with E-state index in [2.05, 4.69) is 34.6 Å². The van der Waals surface area contributed by atoms with E-state index in [-0.39, 0.29) is 12.4 Å². The summed E-state index contributed by atoms with van der Waals surface area (Å²) in [6, 6.07) is 0. The molecular formula is C30H52O6S. The van der Waals surface area contributed by atoms with Crippen LogP contribution >= 0.6 is 0 Å². The fourth-order valence-electron chi connectivity index (χ4n) is 9.91. The molecule has 4 saturated carbocycles. The van der Waals surface area contributed by atoms with Gasteiger partial charge in [-0.25, -0.2) is 0 Å². The SMILES string of the molecule is CC(=O)O[C@@H]1C[C@H]2[C@@H]3CC[C@H]([C@@H](C)CCCC(C)C)[C@@]3(C)CC[C@@H]2[C@@]2(C)CC[C@H](OS(C)(=O)=O)C[C@]12O. The molecule has 10 atom stereocenters. The Kier molecular flexibility index (Phi) is 8.23. The van der Waals surface area contributed by atoms with Crippen LogP contribution in [-0.2, 0) is 23.8 Å². The molecule has 214 valence electrons. The van der Waals surface area contributed by atoms with Crippen molar-refractivity contribution in [3.05, 3.63) is 0 Å². The molecule has 37 heavy (non-hydrogen) atoms. The van der Waals surface area contributed by atoms with Crippen molar-refractivity contribution in [1.29, 1.82) is 0 Å². The molecule has 0 aromatic heterocycles. The Morgan fingerprint density at radius 1 is 1.03 bits per heavy atom. The molecule has 0 amide bonds. The molecule has 0 radical (unpaired) electrons. The molecule has 6 nitrogen and oxygen atoms in total. The van der Waals surface area contributed by atoms with E-state index in [1.807, 2.05) is 0 Å². The van der Waals surface area contributed by atoms with Crippen LogP contribution in [-0.4, -0.2) is 43.6 Å². The molecular weight excluding hydrogens is 488 g/mol. The Morgan fingerprint density at radius 2 is 1.73 bits per heavy atom. The lowest BCUT2D eigenvalue weighted by Crippen LogP contribution is -2.69. The van der Waals surface area contributed by atoms with Crippen molar-refractivity contribution in [2.75, 3.05) is 6.26 Å². The second kappa shape index (κ2) is 10.4. The van der Waals surface area contributed by atoms with Crippen LogP contribution in [0.25, 0.3) is 0 Å². The molecule has 0 unspecified atom stereocenters. The van der Waals surface area contributed by atoms with Gasteiger partial charge in [-0.3, -0.25) is 8.98 Å². The second-order valence-electron chi connectivity index (χ2n) is 14.2. The first-order chi connectivity index (χ1) is 17.1. The van der Waals surface area contributed by atoms with Crippen molar-refractivity contribution in [2.45, 2.75) is 130 Å². The highest BCUT2D eigenvalue weighted by Gasteiger charge is 2.68. The van der Waals surface area contributed by atoms with E-state index in [1.54, 1.807) is 0 Å². The molecule has 4 aliphatic carbocycles. The van der Waals surface area contributed by atoms with E-state index in [9.17, 15) is 18.3 Å². The molecule has 0 aliphatic heterocycles. The number of esters is 1. The van der Waals surface area contributed by atoms with Crippen LogP contribution in [0.3, 0.4) is 0 Å². The average Bonchev–Trinajstić information content (AvgIpc) is 3.11. The van der Waals surface area contributed by atoms with Gasteiger partial charge in [0.15, 0.2) is 0 Å². The maximum Gasteiger partial charge on any atom is 0.303 e. The van der Waals surface area contributed by atoms with Gasteiger partial charge in [0.2, 0.25) is 0 Å². The van der Waals surface area contributed by atoms with Gasteiger partial charge in [0.25, 0.3) is 10.1 Å². The maximum atomic E-state index is 12.3. The van der Waals surface area contributed by atoms with Crippen LogP contribution in [0.2, 0.25) is 0 Å². The fraction of sp³-hybridized carbons (Fsp3) is 0.967. The van der Waals surface area contributed by atoms with Gasteiger partial charge in [0.05, 0.1) is 12.4 Å². The van der Waals surface area contributed by atoms with Gasteiger partial charge in [0, 0.05) is 18.8 Å². The number of carbonyl (C=O) groups is 1. The Labute approximate surface area is 225 Å². The van der Waals surface area contributed by atoms with Crippen molar-refractivity contribution >= 4 is 16.1 Å². The first kappa shape index (κ1) is 29.3. The number of rotatable bonds is 8. The van der Waals surface area contributed by atoms with Crippen molar-refractivity contribution in [1.82, 2.24) is 0 Å². The molecule has 0 bridgehead atoms. The lowest BCUT2D eigenvalue weighted by molar-refractivity contribution is -0.268. The molecule has 0 aromatic rings. The summed E-state index contributed by atoms with van der Waals surface area (Å²) in [6.45, 7) is 13.2. The van der Waals surface area contributed by atoms with Gasteiger partial charge < -0.3 is 9.84 Å². The molecule has 1 N–H and O–H groups in total. The third-order valence-electron chi connectivity index (χ3n) is 11.6. The van der Waals surface area contributed by atoms with Crippen LogP contribution in [0.4, 0.5) is 0 Å². The monoisotopic (exact) mass is 540 g/mol. The van der Waals surface area contributed by atoms with Gasteiger partial charge >= 0.3 is 5.97 Å². The number of aliphatic hydroxyl groups is 1. The number of ether oxygens (including phenoxy) is 1. The number of hydrogen-bond acceptors (Lipinski definition) is 6. The molecule has 4 rings (SSSR count). The Balaban J connectivity index is 1.59. The summed E-state index contributed by atoms with van der Waals surface area (Å²) in [5.74, 6) is 3.15. The fourth-order valence-corrected chi connectivity index (χ4v) is 10.6. The van der Waals surface area contributed by atoms with Crippen molar-refractivity contribution in [3.8, 4) is 0 Å². The van der Waals surface area contributed by atoms with E-state index < -0.39 is 33.3 Å². The minimum atomic E-state index is -3.64. The largest absolute Gasteiger partial charge is 0.459 e. The second-order valence-corrected chi connectivity index (χ2v) is 15.8. The predicted octanol–water partition coefficient (Wildman–Crippen LogP) is 6.11. The van der Waals surface area contributed by atoms with Crippen LogP contribution < -0.4 is 0 Å². The molecule has 4 aliphatic rings. The highest BCUT2D eigenvalue weighted by atomic mass is 32.2. The summed E-state index contributed by atoms with van der Waals surface area (Å²) < 4.78 is 35.0. The number of carbonyl (C=O) groups excluding carboxylic acids is 1. The van der Waals surface area contributed by atoms with Crippen LogP contribution in [0.5, 0.6) is 0 Å². The van der Waals surface area contributed by atoms with E-state index in [0.717, 1.165) is 24.5 Å². The van der Waals surface area contributed by atoms with Crippen LogP contribution in [0.1, 0.15) is 112 Å². The quantitative estimate of drug-likeness (QED) is 0.295. The topological polar surface area (TPSA) is 89.9 Å². The summed E-state index contributed by atoms with van der Waals surface area (Å²) in [4.78, 5) is 12.2. The number of fused-ring (bicyclic) bond motifs is 5. The third kappa shape index (κ3) is 5.39. The summed E-state index contributed by atoms with van der Waals surface area (Å²) in [5.41, 5.74) is -1.43. The normalized spacial score (nSPS) is 44.6. The first-order valence-corrected chi connectivity index (χ1v) is 16.7. The Morgan fingerprint density at radius 3 is 2.35 bits per heavy atom. The highest BCUT2D eigenvalue weighted by Crippen LogP contribution is 2.69. The Hall–Kier alpha value is -0.660. The molecule has 4 fully saturated rings. The summed E-state index contributed by atoms with van der Waals surface area (Å²) >= 11 is 0. The standard InChI is InChI=1S/C30H52O6S/c1-19(2)9-8-10-20(3)24-11-12-25-23-17-27(35-21(4)31)30(32)18-22(36-37(7,33)34)13-16-29(30,6)26(23)14-15-28(24,25)5/h19-20,22-27,32H,8-18H2,1-7H3/t20-,22-,23-,24+,25-,26-,27+,28+,29+,30-/m0/s1. The van der Waals surface area contributed by atoms with Gasteiger partial charge in [-0.1, -0.05) is 53.9 Å². The minimum absolute atomic E-state index is 0.190. The zero-order chi connectivity index (χ0) is 27.4. The number of hydrogen-bond donors (Lipinski definition) is 1. The highest BCUT2D eigenvalue weighted by molar-refractivity contribution is 7.86. The third-order valence-corrected chi connectivity index (χ3v) is 12.2. The average molecular weight is 541 g/mol. The zero-order valence-corrected chi connectivity index (χ0v) is 25.1. The first-order valence-electron chi connectivity index (χ1n) is 14.9. The van der Waals surface area contributed by atoms with E-state index >= 15 is 0 Å². The van der Waals surface area contributed by atoms with Crippen LogP contribution in [0.15, 0.2) is 0 Å². The smallest absolute Gasteiger partial charge is 0.303 e. The van der Waals surface area contributed by atoms with Crippen LogP contribution in [0, 0.1) is 46.3 Å². The van der Waals surface area contributed by atoms with Gasteiger partial charge in [0.1, 0.15) is 11.7 Å². The molecule has 0 aromatic carbocycles. The lowest BCUT2D eigenvalue weighted by atomic mass is 9.42. The summed E-state index contributed by atoms with van der Waals surface area (Å²) in [5, 5.41) is 12.3.